The Labute approximate surface area is 141 Å². The predicted molar refractivity (Wildman–Crippen MR) is 95.1 cm³/mol. The molecule has 0 atom stereocenters. The van der Waals surface area contributed by atoms with Crippen molar-refractivity contribution in [2.75, 3.05) is 5.75 Å². The molecular formula is C19H29NO2S. The quantitative estimate of drug-likeness (QED) is 0.490. The Morgan fingerprint density at radius 2 is 1.48 bits per heavy atom. The van der Waals surface area contributed by atoms with Gasteiger partial charge in [-0.1, -0.05) is 70.8 Å². The molecule has 1 aromatic rings. The average molecular weight is 336 g/mol. The number of rotatable bonds is 12. The van der Waals surface area contributed by atoms with Gasteiger partial charge in [0.05, 0.1) is 22.3 Å². The van der Waals surface area contributed by atoms with Gasteiger partial charge in [-0.15, -0.1) is 0 Å². The molecule has 1 rings (SSSR count). The lowest BCUT2D eigenvalue weighted by molar-refractivity contribution is 0.558. The zero-order chi connectivity index (χ0) is 17.0. The molecule has 0 aromatic heterocycles. The maximum Gasteiger partial charge on any atom is 0.178 e. The van der Waals surface area contributed by atoms with Crippen molar-refractivity contribution in [2.45, 2.75) is 76.0 Å². The van der Waals surface area contributed by atoms with Crippen molar-refractivity contribution >= 4 is 9.84 Å². The summed E-state index contributed by atoms with van der Waals surface area (Å²) in [5.74, 6) is 0.179. The Morgan fingerprint density at radius 1 is 0.913 bits per heavy atom. The van der Waals surface area contributed by atoms with Crippen LogP contribution in [0.15, 0.2) is 29.2 Å². The average Bonchev–Trinajstić information content (AvgIpc) is 2.56. The minimum atomic E-state index is -3.25. The molecule has 0 bridgehead atoms. The van der Waals surface area contributed by atoms with Gasteiger partial charge in [-0.25, -0.2) is 8.42 Å². The first kappa shape index (κ1) is 19.7. The van der Waals surface area contributed by atoms with Gasteiger partial charge in [-0.05, 0) is 24.6 Å². The molecule has 0 amide bonds. The summed E-state index contributed by atoms with van der Waals surface area (Å²) in [5.41, 5.74) is 0.397. The predicted octanol–water partition coefficient (Wildman–Crippen LogP) is 5.25. The lowest BCUT2D eigenvalue weighted by Gasteiger charge is -2.05. The first-order valence-corrected chi connectivity index (χ1v) is 10.5. The lowest BCUT2D eigenvalue weighted by Crippen LogP contribution is -2.07. The maximum atomic E-state index is 12.2. The Kier molecular flexibility index (Phi) is 9.63. The molecule has 0 spiro atoms. The molecule has 0 N–H and O–H groups in total. The fraction of sp³-hybridized carbons (Fsp3) is 0.632. The molecule has 0 aliphatic rings. The summed E-state index contributed by atoms with van der Waals surface area (Å²) >= 11 is 0. The number of hydrogen-bond donors (Lipinski definition) is 0. The molecule has 4 heteroatoms. The third-order valence-corrected chi connectivity index (χ3v) is 5.89. The van der Waals surface area contributed by atoms with Crippen LogP contribution in [0.25, 0.3) is 0 Å². The zero-order valence-electron chi connectivity index (χ0n) is 14.3. The molecule has 0 unspecified atom stereocenters. The van der Waals surface area contributed by atoms with Crippen LogP contribution in [-0.4, -0.2) is 14.2 Å². The van der Waals surface area contributed by atoms with Crippen molar-refractivity contribution < 1.29 is 8.42 Å². The summed E-state index contributed by atoms with van der Waals surface area (Å²) in [7, 11) is -3.25. The number of nitrogens with zero attached hydrogens (tertiary/aromatic N) is 1. The molecule has 128 valence electrons. The minimum Gasteiger partial charge on any atom is -0.224 e. The molecule has 0 aliphatic carbocycles. The van der Waals surface area contributed by atoms with Crippen molar-refractivity contribution in [1.29, 1.82) is 5.26 Å². The topological polar surface area (TPSA) is 57.9 Å². The van der Waals surface area contributed by atoms with E-state index in [9.17, 15) is 8.42 Å². The fourth-order valence-corrected chi connectivity index (χ4v) is 4.07. The van der Waals surface area contributed by atoms with Gasteiger partial charge in [0.25, 0.3) is 0 Å². The highest BCUT2D eigenvalue weighted by Gasteiger charge is 2.14. The van der Waals surface area contributed by atoms with Crippen molar-refractivity contribution in [2.24, 2.45) is 0 Å². The highest BCUT2D eigenvalue weighted by molar-refractivity contribution is 7.91. The monoisotopic (exact) mass is 335 g/mol. The van der Waals surface area contributed by atoms with E-state index in [4.69, 9.17) is 5.26 Å². The fourth-order valence-electron chi connectivity index (χ4n) is 2.66. The summed E-state index contributed by atoms with van der Waals surface area (Å²) < 4.78 is 24.5. The molecular weight excluding hydrogens is 306 g/mol. The normalized spacial score (nSPS) is 11.3. The van der Waals surface area contributed by atoms with E-state index < -0.39 is 9.84 Å². The first-order valence-electron chi connectivity index (χ1n) is 8.83. The summed E-state index contributed by atoms with van der Waals surface area (Å²) in [5, 5.41) is 8.85. The number of sulfone groups is 1. The second-order valence-corrected chi connectivity index (χ2v) is 8.25. The highest BCUT2D eigenvalue weighted by atomic mass is 32.2. The molecule has 0 fully saturated rings. The number of nitriles is 1. The van der Waals surface area contributed by atoms with Gasteiger partial charge in [0.2, 0.25) is 0 Å². The van der Waals surface area contributed by atoms with Crippen molar-refractivity contribution in [3.05, 3.63) is 29.8 Å². The van der Waals surface area contributed by atoms with E-state index >= 15 is 0 Å². The van der Waals surface area contributed by atoms with Gasteiger partial charge in [-0.3, -0.25) is 0 Å². The van der Waals surface area contributed by atoms with Crippen LogP contribution >= 0.6 is 0 Å². The van der Waals surface area contributed by atoms with Crippen LogP contribution in [0.4, 0.5) is 0 Å². The number of hydrogen-bond acceptors (Lipinski definition) is 3. The summed E-state index contributed by atoms with van der Waals surface area (Å²) in [6.45, 7) is 2.23. The molecule has 23 heavy (non-hydrogen) atoms. The summed E-state index contributed by atoms with van der Waals surface area (Å²) in [6.07, 6.45) is 11.9. The summed E-state index contributed by atoms with van der Waals surface area (Å²) in [4.78, 5) is 0.271. The van der Waals surface area contributed by atoms with Crippen LogP contribution < -0.4 is 0 Å². The van der Waals surface area contributed by atoms with Crippen LogP contribution in [0, 0.1) is 11.3 Å². The Balaban J connectivity index is 2.18. The smallest absolute Gasteiger partial charge is 0.178 e. The van der Waals surface area contributed by atoms with Gasteiger partial charge in [0.15, 0.2) is 9.84 Å². The molecule has 1 aromatic carbocycles. The van der Waals surface area contributed by atoms with E-state index in [1.807, 2.05) is 6.07 Å². The maximum absolute atomic E-state index is 12.2. The van der Waals surface area contributed by atoms with E-state index in [0.717, 1.165) is 12.8 Å². The van der Waals surface area contributed by atoms with Crippen LogP contribution in [-0.2, 0) is 9.84 Å². The van der Waals surface area contributed by atoms with E-state index in [1.165, 1.54) is 51.0 Å². The minimum absolute atomic E-state index is 0.179. The third-order valence-electron chi connectivity index (χ3n) is 4.09. The second kappa shape index (κ2) is 11.2. The van der Waals surface area contributed by atoms with Crippen LogP contribution in [0.1, 0.15) is 76.7 Å². The lowest BCUT2D eigenvalue weighted by atomic mass is 10.1. The van der Waals surface area contributed by atoms with Crippen molar-refractivity contribution in [1.82, 2.24) is 0 Å². The number of unbranched alkanes of at least 4 members (excludes halogenated alkanes) is 9. The van der Waals surface area contributed by atoms with E-state index in [-0.39, 0.29) is 10.6 Å². The van der Waals surface area contributed by atoms with Gasteiger partial charge >= 0.3 is 0 Å². The van der Waals surface area contributed by atoms with Gasteiger partial charge in [0.1, 0.15) is 0 Å². The van der Waals surface area contributed by atoms with E-state index in [0.29, 0.717) is 12.0 Å². The Hall–Kier alpha value is -1.34. The van der Waals surface area contributed by atoms with Crippen molar-refractivity contribution in [3.63, 3.8) is 0 Å². The van der Waals surface area contributed by atoms with Crippen LogP contribution in [0.5, 0.6) is 0 Å². The van der Waals surface area contributed by atoms with Gasteiger partial charge in [-0.2, -0.15) is 5.26 Å². The molecule has 0 saturated heterocycles. The summed E-state index contributed by atoms with van der Waals surface area (Å²) in [6, 6.07) is 8.28. The molecule has 0 saturated carbocycles. The van der Waals surface area contributed by atoms with Gasteiger partial charge in [0, 0.05) is 0 Å². The molecule has 0 heterocycles. The Bertz CT molecular complexity index is 588. The second-order valence-electron chi connectivity index (χ2n) is 6.14. The van der Waals surface area contributed by atoms with Crippen LogP contribution in [0.3, 0.4) is 0 Å². The molecule has 0 aliphatic heterocycles. The van der Waals surface area contributed by atoms with Gasteiger partial charge < -0.3 is 0 Å². The zero-order valence-corrected chi connectivity index (χ0v) is 15.1. The largest absolute Gasteiger partial charge is 0.224 e. The Morgan fingerprint density at radius 3 is 2.04 bits per heavy atom. The number of benzene rings is 1. The molecule has 0 radical (unpaired) electrons. The van der Waals surface area contributed by atoms with Crippen LogP contribution in [0.2, 0.25) is 0 Å². The standard InChI is InChI=1S/C19H29NO2S/c1-2-3-4-5-6-7-8-9-10-11-15-23(21,22)19-14-12-13-18(16-19)17-20/h12-14,16H,2-11,15H2,1H3. The third kappa shape index (κ3) is 8.18. The van der Waals surface area contributed by atoms with E-state index in [1.54, 1.807) is 18.2 Å². The van der Waals surface area contributed by atoms with E-state index in [2.05, 4.69) is 6.92 Å². The molecule has 3 nitrogen and oxygen atoms in total. The van der Waals surface area contributed by atoms with Crippen molar-refractivity contribution in [3.8, 4) is 6.07 Å². The SMILES string of the molecule is CCCCCCCCCCCCS(=O)(=O)c1cccc(C#N)c1. The first-order chi connectivity index (χ1) is 11.1. The highest BCUT2D eigenvalue weighted by Crippen LogP contribution is 2.16.